The molecule has 3 aromatic rings. The zero-order chi connectivity index (χ0) is 16.7. The molecule has 0 unspecified atom stereocenters. The molecule has 0 saturated carbocycles. The van der Waals surface area contributed by atoms with Crippen molar-refractivity contribution in [3.8, 4) is 16.9 Å². The Bertz CT molecular complexity index is 910. The van der Waals surface area contributed by atoms with Gasteiger partial charge in [0.15, 0.2) is 0 Å². The van der Waals surface area contributed by atoms with Gasteiger partial charge in [0, 0.05) is 16.2 Å². The zero-order valence-corrected chi connectivity index (χ0v) is 15.0. The maximum Gasteiger partial charge on any atom is 0.118 e. The molecule has 0 aromatic heterocycles. The Hall–Kier alpha value is -2.19. The highest BCUT2D eigenvalue weighted by Crippen LogP contribution is 2.45. The van der Waals surface area contributed by atoms with Gasteiger partial charge in [0.25, 0.3) is 0 Å². The summed E-state index contributed by atoms with van der Waals surface area (Å²) in [5.74, 6) is 0.901. The average molecular weight is 332 g/mol. The summed E-state index contributed by atoms with van der Waals surface area (Å²) in [5.41, 5.74) is 8.26. The molecule has 0 radical (unpaired) electrons. The van der Waals surface area contributed by atoms with Gasteiger partial charge in [-0.25, -0.2) is 0 Å². The molecule has 0 amide bonds. The van der Waals surface area contributed by atoms with Crippen molar-refractivity contribution in [2.75, 3.05) is 7.11 Å². The Kier molecular flexibility index (Phi) is 3.85. The molecule has 1 aliphatic heterocycles. The summed E-state index contributed by atoms with van der Waals surface area (Å²) in [7, 11) is 1.71. The van der Waals surface area contributed by atoms with Crippen LogP contribution in [0, 0.1) is 13.8 Å². The molecular weight excluding hydrogens is 312 g/mol. The second kappa shape index (κ2) is 6.03. The van der Waals surface area contributed by atoms with E-state index >= 15 is 0 Å². The molecule has 0 aliphatic carbocycles. The lowest BCUT2D eigenvalue weighted by atomic mass is 9.88. The van der Waals surface area contributed by atoms with Gasteiger partial charge in [-0.2, -0.15) is 0 Å². The van der Waals surface area contributed by atoms with Crippen LogP contribution in [0.1, 0.15) is 22.3 Å². The first kappa shape index (κ1) is 15.3. The van der Waals surface area contributed by atoms with Gasteiger partial charge in [0.2, 0.25) is 0 Å². The molecule has 0 fully saturated rings. The van der Waals surface area contributed by atoms with Crippen LogP contribution < -0.4 is 4.74 Å². The van der Waals surface area contributed by atoms with Gasteiger partial charge in [0.1, 0.15) is 5.75 Å². The first-order valence-corrected chi connectivity index (χ1v) is 9.02. The molecule has 2 heteroatoms. The van der Waals surface area contributed by atoms with Crippen molar-refractivity contribution in [3.05, 3.63) is 76.9 Å². The standard InChI is InChI=1S/C22H20OS/c1-14-12-21-19(13-17-6-4-5-7-20(17)24-21)22(15(14)2)16-8-10-18(23-3)11-9-16/h4-12H,13H2,1-3H3. The van der Waals surface area contributed by atoms with E-state index in [0.717, 1.165) is 12.2 Å². The number of hydrogen-bond donors (Lipinski definition) is 0. The minimum Gasteiger partial charge on any atom is -0.497 e. The van der Waals surface area contributed by atoms with Gasteiger partial charge in [0.05, 0.1) is 7.11 Å². The lowest BCUT2D eigenvalue weighted by molar-refractivity contribution is 0.415. The predicted molar refractivity (Wildman–Crippen MR) is 101 cm³/mol. The van der Waals surface area contributed by atoms with Gasteiger partial charge in [-0.15, -0.1) is 0 Å². The first-order chi connectivity index (χ1) is 11.7. The quantitative estimate of drug-likeness (QED) is 0.443. The van der Waals surface area contributed by atoms with Crippen molar-refractivity contribution in [2.24, 2.45) is 0 Å². The van der Waals surface area contributed by atoms with Gasteiger partial charge in [-0.3, -0.25) is 0 Å². The monoisotopic (exact) mass is 332 g/mol. The van der Waals surface area contributed by atoms with E-state index in [1.807, 2.05) is 23.9 Å². The summed E-state index contributed by atoms with van der Waals surface area (Å²) in [6, 6.07) is 19.5. The highest BCUT2D eigenvalue weighted by molar-refractivity contribution is 7.99. The van der Waals surface area contributed by atoms with Crippen molar-refractivity contribution >= 4 is 11.8 Å². The van der Waals surface area contributed by atoms with Crippen LogP contribution in [-0.2, 0) is 6.42 Å². The molecule has 1 aliphatic rings. The second-order valence-corrected chi connectivity index (χ2v) is 7.37. The number of ether oxygens (including phenoxy) is 1. The minimum atomic E-state index is 0.901. The Morgan fingerprint density at radius 3 is 2.42 bits per heavy atom. The van der Waals surface area contributed by atoms with Gasteiger partial charge in [-0.1, -0.05) is 42.1 Å². The Morgan fingerprint density at radius 2 is 1.67 bits per heavy atom. The fraction of sp³-hybridized carbons (Fsp3) is 0.182. The normalized spacial score (nSPS) is 12.5. The third-order valence-corrected chi connectivity index (χ3v) is 6.05. The molecule has 0 atom stereocenters. The average Bonchev–Trinajstić information content (AvgIpc) is 2.62. The molecule has 4 rings (SSSR count). The van der Waals surface area contributed by atoms with Crippen LogP contribution >= 0.6 is 11.8 Å². The molecule has 0 saturated heterocycles. The van der Waals surface area contributed by atoms with E-state index < -0.39 is 0 Å². The van der Waals surface area contributed by atoms with E-state index in [1.165, 1.54) is 43.2 Å². The van der Waals surface area contributed by atoms with Crippen LogP contribution in [0.3, 0.4) is 0 Å². The fourth-order valence-electron chi connectivity index (χ4n) is 3.41. The first-order valence-electron chi connectivity index (χ1n) is 8.20. The van der Waals surface area contributed by atoms with Crippen LogP contribution in [0.4, 0.5) is 0 Å². The summed E-state index contributed by atoms with van der Waals surface area (Å²) >= 11 is 1.90. The number of methoxy groups -OCH3 is 1. The lowest BCUT2D eigenvalue weighted by Crippen LogP contribution is -2.04. The molecule has 0 spiro atoms. The Morgan fingerprint density at radius 1 is 0.917 bits per heavy atom. The van der Waals surface area contributed by atoms with Crippen molar-refractivity contribution in [1.82, 2.24) is 0 Å². The van der Waals surface area contributed by atoms with E-state index in [9.17, 15) is 0 Å². The molecule has 120 valence electrons. The van der Waals surface area contributed by atoms with Crippen LogP contribution in [0.2, 0.25) is 0 Å². The molecule has 1 nitrogen and oxygen atoms in total. The lowest BCUT2D eigenvalue weighted by Gasteiger charge is -2.25. The van der Waals surface area contributed by atoms with Crippen molar-refractivity contribution < 1.29 is 4.74 Å². The molecule has 1 heterocycles. The molecule has 0 bridgehead atoms. The third-order valence-electron chi connectivity index (χ3n) is 4.85. The van der Waals surface area contributed by atoms with E-state index in [4.69, 9.17) is 4.74 Å². The topological polar surface area (TPSA) is 9.23 Å². The SMILES string of the molecule is COc1ccc(-c2c(C)c(C)cc3c2Cc2ccccc2S3)cc1. The number of rotatable bonds is 2. The van der Waals surface area contributed by atoms with Gasteiger partial charge >= 0.3 is 0 Å². The van der Waals surface area contributed by atoms with Crippen molar-refractivity contribution in [3.63, 3.8) is 0 Å². The van der Waals surface area contributed by atoms with Crippen LogP contribution in [0.5, 0.6) is 5.75 Å². The van der Waals surface area contributed by atoms with Crippen LogP contribution in [-0.4, -0.2) is 7.11 Å². The summed E-state index contributed by atoms with van der Waals surface area (Å²) in [6.07, 6.45) is 1.00. The minimum absolute atomic E-state index is 0.901. The highest BCUT2D eigenvalue weighted by atomic mass is 32.2. The predicted octanol–water partition coefficient (Wildman–Crippen LogP) is 6.03. The maximum absolute atomic E-state index is 5.31. The number of benzene rings is 3. The van der Waals surface area contributed by atoms with Gasteiger partial charge in [-0.05, 0) is 71.5 Å². The number of aryl methyl sites for hydroxylation is 1. The summed E-state index contributed by atoms with van der Waals surface area (Å²) in [6.45, 7) is 4.45. The molecule has 3 aromatic carbocycles. The van der Waals surface area contributed by atoms with Gasteiger partial charge < -0.3 is 4.74 Å². The number of hydrogen-bond acceptors (Lipinski definition) is 2. The zero-order valence-electron chi connectivity index (χ0n) is 14.2. The Balaban J connectivity index is 1.90. The largest absolute Gasteiger partial charge is 0.497 e. The van der Waals surface area contributed by atoms with Crippen molar-refractivity contribution in [1.29, 1.82) is 0 Å². The van der Waals surface area contributed by atoms with Crippen LogP contribution in [0.25, 0.3) is 11.1 Å². The molecule has 24 heavy (non-hydrogen) atoms. The van der Waals surface area contributed by atoms with Crippen LogP contribution in [0.15, 0.2) is 64.4 Å². The fourth-order valence-corrected chi connectivity index (χ4v) is 4.60. The second-order valence-electron chi connectivity index (χ2n) is 6.29. The van der Waals surface area contributed by atoms with E-state index in [2.05, 4.69) is 56.3 Å². The molecular formula is C22H20OS. The smallest absolute Gasteiger partial charge is 0.118 e. The Labute approximate surface area is 147 Å². The van der Waals surface area contributed by atoms with E-state index in [-0.39, 0.29) is 0 Å². The summed E-state index contributed by atoms with van der Waals surface area (Å²) in [5, 5.41) is 0. The highest BCUT2D eigenvalue weighted by Gasteiger charge is 2.22. The van der Waals surface area contributed by atoms with Crippen molar-refractivity contribution in [2.45, 2.75) is 30.1 Å². The van der Waals surface area contributed by atoms with E-state index in [0.29, 0.717) is 0 Å². The van der Waals surface area contributed by atoms with E-state index in [1.54, 1.807) is 7.11 Å². The number of fused-ring (bicyclic) bond motifs is 2. The summed E-state index contributed by atoms with van der Waals surface area (Å²) < 4.78 is 5.31. The summed E-state index contributed by atoms with van der Waals surface area (Å²) in [4.78, 5) is 2.77. The molecule has 0 N–H and O–H groups in total. The third kappa shape index (κ3) is 2.51. The maximum atomic E-state index is 5.31.